The maximum Gasteiger partial charge on any atom is 0.222 e. The van der Waals surface area contributed by atoms with Crippen molar-refractivity contribution < 1.29 is 19.0 Å². The first-order chi connectivity index (χ1) is 8.46. The molecular formula is C13H23NO4. The summed E-state index contributed by atoms with van der Waals surface area (Å²) in [5.41, 5.74) is 0. The summed E-state index contributed by atoms with van der Waals surface area (Å²) in [7, 11) is 1.84. The minimum absolute atomic E-state index is 0.101. The van der Waals surface area contributed by atoms with Gasteiger partial charge < -0.3 is 19.1 Å². The molecule has 0 radical (unpaired) electrons. The van der Waals surface area contributed by atoms with Crippen molar-refractivity contribution in [1.29, 1.82) is 0 Å². The molecule has 0 spiro atoms. The van der Waals surface area contributed by atoms with Crippen molar-refractivity contribution in [2.24, 2.45) is 5.92 Å². The van der Waals surface area contributed by atoms with Crippen LogP contribution < -0.4 is 0 Å². The first-order valence-corrected chi connectivity index (χ1v) is 6.60. The molecule has 2 rings (SSSR count). The Hall–Kier alpha value is -0.650. The lowest BCUT2D eigenvalue weighted by Gasteiger charge is -2.35. The number of likely N-dealkylation sites (tertiary alicyclic amines) is 1. The lowest BCUT2D eigenvalue weighted by atomic mass is 10.1. The number of carbonyl (C=O) groups excluding carboxylic acids is 1. The fourth-order valence-electron chi connectivity index (χ4n) is 2.48. The third kappa shape index (κ3) is 3.67. The van der Waals surface area contributed by atoms with Crippen LogP contribution in [0.1, 0.15) is 26.7 Å². The Morgan fingerprint density at radius 1 is 1.44 bits per heavy atom. The van der Waals surface area contributed by atoms with Crippen molar-refractivity contribution >= 4 is 5.91 Å². The lowest BCUT2D eigenvalue weighted by Crippen LogP contribution is -2.41. The van der Waals surface area contributed by atoms with E-state index in [0.717, 1.165) is 13.0 Å². The van der Waals surface area contributed by atoms with Gasteiger partial charge in [0.25, 0.3) is 0 Å². The van der Waals surface area contributed by atoms with Crippen LogP contribution in [0.25, 0.3) is 0 Å². The SMILES string of the molecule is CN1CC(COC[C@H]2CCOC(C)(C)O2)CC1=O. The van der Waals surface area contributed by atoms with E-state index in [1.165, 1.54) is 0 Å². The second-order valence-electron chi connectivity index (χ2n) is 5.66. The molecule has 0 N–H and O–H groups in total. The van der Waals surface area contributed by atoms with Crippen LogP contribution in [0.4, 0.5) is 0 Å². The van der Waals surface area contributed by atoms with Gasteiger partial charge >= 0.3 is 0 Å². The minimum Gasteiger partial charge on any atom is -0.378 e. The van der Waals surface area contributed by atoms with Crippen LogP contribution in [0.5, 0.6) is 0 Å². The molecule has 1 amide bonds. The maximum absolute atomic E-state index is 11.4. The Morgan fingerprint density at radius 2 is 2.22 bits per heavy atom. The molecule has 2 aliphatic rings. The fraction of sp³-hybridized carbons (Fsp3) is 0.923. The van der Waals surface area contributed by atoms with Crippen molar-refractivity contribution in [3.63, 3.8) is 0 Å². The van der Waals surface area contributed by atoms with Crippen molar-refractivity contribution in [2.45, 2.75) is 38.6 Å². The molecule has 2 heterocycles. The van der Waals surface area contributed by atoms with E-state index in [0.29, 0.717) is 32.2 Å². The van der Waals surface area contributed by atoms with Crippen LogP contribution >= 0.6 is 0 Å². The number of hydrogen-bond donors (Lipinski definition) is 0. The van der Waals surface area contributed by atoms with E-state index in [-0.39, 0.29) is 12.0 Å². The molecule has 0 aromatic carbocycles. The quantitative estimate of drug-likeness (QED) is 0.754. The van der Waals surface area contributed by atoms with Gasteiger partial charge in [-0.1, -0.05) is 0 Å². The predicted molar refractivity (Wildman–Crippen MR) is 66.1 cm³/mol. The molecular weight excluding hydrogens is 234 g/mol. The van der Waals surface area contributed by atoms with Gasteiger partial charge in [0.05, 0.1) is 25.9 Å². The maximum atomic E-state index is 11.4. The Bertz CT molecular complexity index is 305. The molecule has 104 valence electrons. The highest BCUT2D eigenvalue weighted by Gasteiger charge is 2.30. The molecule has 2 fully saturated rings. The molecule has 0 aromatic rings. The number of ether oxygens (including phenoxy) is 3. The fourth-order valence-corrected chi connectivity index (χ4v) is 2.48. The zero-order valence-corrected chi connectivity index (χ0v) is 11.5. The monoisotopic (exact) mass is 257 g/mol. The van der Waals surface area contributed by atoms with Gasteiger partial charge in [0, 0.05) is 25.9 Å². The Labute approximate surface area is 108 Å². The van der Waals surface area contributed by atoms with Crippen LogP contribution in [0.2, 0.25) is 0 Å². The zero-order chi connectivity index (χ0) is 13.2. The highest BCUT2D eigenvalue weighted by Crippen LogP contribution is 2.22. The van der Waals surface area contributed by atoms with Crippen molar-refractivity contribution in [2.75, 3.05) is 33.4 Å². The second-order valence-corrected chi connectivity index (χ2v) is 5.66. The van der Waals surface area contributed by atoms with Gasteiger partial charge in [-0.2, -0.15) is 0 Å². The highest BCUT2D eigenvalue weighted by molar-refractivity contribution is 5.78. The molecule has 2 saturated heterocycles. The summed E-state index contributed by atoms with van der Waals surface area (Å²) in [5.74, 6) is 0.0397. The standard InChI is InChI=1S/C13H23NO4/c1-13(2)17-5-4-11(18-13)9-16-8-10-6-12(15)14(3)7-10/h10-11H,4-9H2,1-3H3/t10?,11-/m1/s1. The van der Waals surface area contributed by atoms with Crippen molar-refractivity contribution in [3.8, 4) is 0 Å². The molecule has 2 aliphatic heterocycles. The summed E-state index contributed by atoms with van der Waals surface area (Å²) < 4.78 is 16.9. The minimum atomic E-state index is -0.504. The lowest BCUT2D eigenvalue weighted by molar-refractivity contribution is -0.280. The number of carbonyl (C=O) groups is 1. The van der Waals surface area contributed by atoms with E-state index in [1.54, 1.807) is 4.90 Å². The van der Waals surface area contributed by atoms with Crippen molar-refractivity contribution in [3.05, 3.63) is 0 Å². The summed E-state index contributed by atoms with van der Waals surface area (Å²) in [6, 6.07) is 0. The molecule has 2 atom stereocenters. The Kier molecular flexibility index (Phi) is 4.25. The van der Waals surface area contributed by atoms with E-state index < -0.39 is 5.79 Å². The van der Waals surface area contributed by atoms with Crippen LogP contribution in [-0.4, -0.2) is 56.1 Å². The van der Waals surface area contributed by atoms with E-state index in [1.807, 2.05) is 20.9 Å². The number of hydrogen-bond acceptors (Lipinski definition) is 4. The van der Waals surface area contributed by atoms with Crippen LogP contribution in [0, 0.1) is 5.92 Å². The van der Waals surface area contributed by atoms with Gasteiger partial charge in [-0.15, -0.1) is 0 Å². The number of nitrogens with zero attached hydrogens (tertiary/aromatic N) is 1. The zero-order valence-electron chi connectivity index (χ0n) is 11.5. The van der Waals surface area contributed by atoms with Gasteiger partial charge in [-0.05, 0) is 20.3 Å². The summed E-state index contributed by atoms with van der Waals surface area (Å²) in [4.78, 5) is 13.1. The largest absolute Gasteiger partial charge is 0.378 e. The van der Waals surface area contributed by atoms with Crippen LogP contribution in [0.3, 0.4) is 0 Å². The van der Waals surface area contributed by atoms with E-state index in [9.17, 15) is 4.79 Å². The molecule has 1 unspecified atom stereocenters. The normalized spacial score (nSPS) is 31.9. The van der Waals surface area contributed by atoms with Gasteiger partial charge in [0.15, 0.2) is 5.79 Å². The summed E-state index contributed by atoms with van der Waals surface area (Å²) in [5, 5.41) is 0. The Balaban J connectivity index is 1.65. The highest BCUT2D eigenvalue weighted by atomic mass is 16.7. The molecule has 0 aliphatic carbocycles. The van der Waals surface area contributed by atoms with E-state index in [4.69, 9.17) is 14.2 Å². The predicted octanol–water partition coefficient (Wildman–Crippen LogP) is 1.02. The molecule has 5 nitrogen and oxygen atoms in total. The van der Waals surface area contributed by atoms with Crippen LogP contribution in [-0.2, 0) is 19.0 Å². The first-order valence-electron chi connectivity index (χ1n) is 6.60. The topological polar surface area (TPSA) is 48.0 Å². The van der Waals surface area contributed by atoms with Crippen molar-refractivity contribution in [1.82, 2.24) is 4.90 Å². The first kappa shape index (κ1) is 13.8. The second kappa shape index (κ2) is 5.55. The molecule has 0 aromatic heterocycles. The van der Waals surface area contributed by atoms with Crippen LogP contribution in [0.15, 0.2) is 0 Å². The summed E-state index contributed by atoms with van der Waals surface area (Å²) >= 11 is 0. The molecule has 0 saturated carbocycles. The van der Waals surface area contributed by atoms with Gasteiger partial charge in [0.2, 0.25) is 5.91 Å². The molecule has 0 bridgehead atoms. The molecule has 18 heavy (non-hydrogen) atoms. The number of rotatable bonds is 4. The third-order valence-electron chi connectivity index (χ3n) is 3.42. The van der Waals surface area contributed by atoms with E-state index >= 15 is 0 Å². The average Bonchev–Trinajstić information content (AvgIpc) is 2.57. The van der Waals surface area contributed by atoms with Gasteiger partial charge in [-0.3, -0.25) is 4.79 Å². The van der Waals surface area contributed by atoms with Gasteiger partial charge in [-0.25, -0.2) is 0 Å². The van der Waals surface area contributed by atoms with Gasteiger partial charge in [0.1, 0.15) is 0 Å². The summed E-state index contributed by atoms with van der Waals surface area (Å²) in [6.45, 7) is 6.58. The number of amides is 1. The molecule has 5 heteroatoms. The summed E-state index contributed by atoms with van der Waals surface area (Å²) in [6.07, 6.45) is 1.58. The third-order valence-corrected chi connectivity index (χ3v) is 3.42. The Morgan fingerprint density at radius 3 is 2.83 bits per heavy atom. The average molecular weight is 257 g/mol. The smallest absolute Gasteiger partial charge is 0.222 e. The van der Waals surface area contributed by atoms with E-state index in [2.05, 4.69) is 0 Å².